The molecule has 1 aromatic heterocycles. The highest BCUT2D eigenvalue weighted by atomic mass is 16.5. The number of primary amides is 1. The average Bonchev–Trinajstić information content (AvgIpc) is 3.10. The summed E-state index contributed by atoms with van der Waals surface area (Å²) in [5.41, 5.74) is 8.52. The molecule has 3 aromatic rings. The lowest BCUT2D eigenvalue weighted by Crippen LogP contribution is -2.25. The third-order valence-electron chi connectivity index (χ3n) is 4.66. The fourth-order valence-corrected chi connectivity index (χ4v) is 3.20. The molecule has 1 atom stereocenters. The fourth-order valence-electron chi connectivity index (χ4n) is 3.20. The van der Waals surface area contributed by atoms with Gasteiger partial charge in [0.25, 0.3) is 0 Å². The second-order valence-corrected chi connectivity index (χ2v) is 6.48. The minimum atomic E-state index is -0.434. The maximum absolute atomic E-state index is 11.2. The van der Waals surface area contributed by atoms with Gasteiger partial charge in [0.15, 0.2) is 0 Å². The number of benzene rings is 2. The minimum Gasteiger partial charge on any atom is -0.491 e. The molecule has 0 aliphatic carbocycles. The molecule has 1 saturated heterocycles. The second-order valence-electron chi connectivity index (χ2n) is 6.48. The number of carbonyl (C=O) groups excluding carboxylic acids is 1. The van der Waals surface area contributed by atoms with E-state index in [1.54, 1.807) is 18.5 Å². The van der Waals surface area contributed by atoms with Crippen LogP contribution in [-0.4, -0.2) is 34.8 Å². The highest BCUT2D eigenvalue weighted by Crippen LogP contribution is 2.24. The minimum absolute atomic E-state index is 0.181. The quantitative estimate of drug-likeness (QED) is 0.766. The summed E-state index contributed by atoms with van der Waals surface area (Å²) in [7, 11) is 0. The molecule has 2 heterocycles. The molecule has 2 N–H and O–H groups in total. The van der Waals surface area contributed by atoms with Crippen LogP contribution in [0.4, 0.5) is 0 Å². The normalized spacial score (nSPS) is 17.3. The Balaban J connectivity index is 1.52. The lowest BCUT2D eigenvalue weighted by atomic mass is 10.1. The standard InChI is InChI=1S/C20H21N3O3/c21-20(24)14-4-6-15(7-5-14)23-13-22-18-11-16(8-9-19(18)23)26-12-17-3-1-2-10-25-17/h4-9,11,13,17H,1-3,10,12H2,(H2,21,24). The predicted molar refractivity (Wildman–Crippen MR) is 98.7 cm³/mol. The van der Waals surface area contributed by atoms with Gasteiger partial charge in [0.05, 0.1) is 17.1 Å². The molecule has 1 aliphatic heterocycles. The number of hydrogen-bond acceptors (Lipinski definition) is 4. The smallest absolute Gasteiger partial charge is 0.248 e. The van der Waals surface area contributed by atoms with Crippen LogP contribution in [0.3, 0.4) is 0 Å². The zero-order chi connectivity index (χ0) is 17.9. The first-order chi connectivity index (χ1) is 12.7. The van der Waals surface area contributed by atoms with Crippen LogP contribution in [-0.2, 0) is 4.74 Å². The number of aromatic nitrogens is 2. The van der Waals surface area contributed by atoms with Gasteiger partial charge in [-0.3, -0.25) is 9.36 Å². The Kier molecular flexibility index (Phi) is 4.58. The van der Waals surface area contributed by atoms with Crippen molar-refractivity contribution in [3.8, 4) is 11.4 Å². The molecule has 1 amide bonds. The van der Waals surface area contributed by atoms with Crippen LogP contribution in [0.1, 0.15) is 29.6 Å². The number of fused-ring (bicyclic) bond motifs is 1. The topological polar surface area (TPSA) is 79.4 Å². The number of nitrogens with zero attached hydrogens (tertiary/aromatic N) is 2. The first-order valence-corrected chi connectivity index (χ1v) is 8.82. The molecule has 2 aromatic carbocycles. The fraction of sp³-hybridized carbons (Fsp3) is 0.300. The van der Waals surface area contributed by atoms with Crippen molar-refractivity contribution in [1.82, 2.24) is 9.55 Å². The Hall–Kier alpha value is -2.86. The predicted octanol–water partition coefficient (Wildman–Crippen LogP) is 3.07. The van der Waals surface area contributed by atoms with E-state index in [9.17, 15) is 4.79 Å². The summed E-state index contributed by atoms with van der Waals surface area (Å²) in [6.07, 6.45) is 5.34. The van der Waals surface area contributed by atoms with Gasteiger partial charge in [-0.15, -0.1) is 0 Å². The third-order valence-corrected chi connectivity index (χ3v) is 4.66. The number of amides is 1. The largest absolute Gasteiger partial charge is 0.491 e. The summed E-state index contributed by atoms with van der Waals surface area (Å²) in [6, 6.07) is 13.0. The maximum Gasteiger partial charge on any atom is 0.248 e. The highest BCUT2D eigenvalue weighted by molar-refractivity contribution is 5.93. The molecular formula is C20H21N3O3. The summed E-state index contributed by atoms with van der Waals surface area (Å²) >= 11 is 0. The Labute approximate surface area is 151 Å². The molecule has 4 rings (SSSR count). The molecule has 0 radical (unpaired) electrons. The van der Waals surface area contributed by atoms with Gasteiger partial charge in [-0.25, -0.2) is 4.98 Å². The lowest BCUT2D eigenvalue weighted by molar-refractivity contribution is -0.0110. The van der Waals surface area contributed by atoms with Crippen molar-refractivity contribution in [1.29, 1.82) is 0 Å². The van der Waals surface area contributed by atoms with E-state index in [-0.39, 0.29) is 6.10 Å². The molecule has 6 heteroatoms. The molecule has 1 aliphatic rings. The zero-order valence-corrected chi connectivity index (χ0v) is 14.4. The Morgan fingerprint density at radius 2 is 2.08 bits per heavy atom. The number of imidazole rings is 1. The molecule has 6 nitrogen and oxygen atoms in total. The summed E-state index contributed by atoms with van der Waals surface area (Å²) in [5, 5.41) is 0. The van der Waals surface area contributed by atoms with E-state index in [0.717, 1.165) is 41.9 Å². The van der Waals surface area contributed by atoms with Crippen LogP contribution in [0.2, 0.25) is 0 Å². The van der Waals surface area contributed by atoms with Gasteiger partial charge in [0.2, 0.25) is 5.91 Å². The van der Waals surface area contributed by atoms with E-state index in [1.807, 2.05) is 34.9 Å². The van der Waals surface area contributed by atoms with Crippen molar-refractivity contribution in [3.63, 3.8) is 0 Å². The number of hydrogen-bond donors (Lipinski definition) is 1. The van der Waals surface area contributed by atoms with Crippen molar-refractivity contribution in [3.05, 3.63) is 54.4 Å². The van der Waals surface area contributed by atoms with E-state index in [0.29, 0.717) is 12.2 Å². The van der Waals surface area contributed by atoms with Crippen molar-refractivity contribution >= 4 is 16.9 Å². The summed E-state index contributed by atoms with van der Waals surface area (Å²) in [5.74, 6) is 0.358. The van der Waals surface area contributed by atoms with Gasteiger partial charge < -0.3 is 15.2 Å². The Morgan fingerprint density at radius 1 is 1.23 bits per heavy atom. The molecule has 1 unspecified atom stereocenters. The van der Waals surface area contributed by atoms with Gasteiger partial charge in [-0.2, -0.15) is 0 Å². The van der Waals surface area contributed by atoms with Crippen LogP contribution in [0, 0.1) is 0 Å². The van der Waals surface area contributed by atoms with Gasteiger partial charge in [0.1, 0.15) is 18.7 Å². The number of nitrogens with two attached hydrogens (primary N) is 1. The van der Waals surface area contributed by atoms with Crippen molar-refractivity contribution < 1.29 is 14.3 Å². The van der Waals surface area contributed by atoms with Crippen molar-refractivity contribution in [2.24, 2.45) is 5.73 Å². The van der Waals surface area contributed by atoms with Crippen LogP contribution in [0.15, 0.2) is 48.8 Å². The summed E-state index contributed by atoms with van der Waals surface area (Å²) in [4.78, 5) is 15.7. The number of rotatable bonds is 5. The summed E-state index contributed by atoms with van der Waals surface area (Å²) in [6.45, 7) is 1.40. The van der Waals surface area contributed by atoms with Crippen molar-refractivity contribution in [2.75, 3.05) is 13.2 Å². The molecule has 0 bridgehead atoms. The molecule has 134 valence electrons. The van der Waals surface area contributed by atoms with E-state index in [2.05, 4.69) is 4.98 Å². The second kappa shape index (κ2) is 7.17. The first-order valence-electron chi connectivity index (χ1n) is 8.82. The molecule has 0 spiro atoms. The third kappa shape index (κ3) is 3.41. The monoisotopic (exact) mass is 351 g/mol. The van der Waals surface area contributed by atoms with Crippen molar-refractivity contribution in [2.45, 2.75) is 25.4 Å². The Morgan fingerprint density at radius 3 is 2.81 bits per heavy atom. The highest BCUT2D eigenvalue weighted by Gasteiger charge is 2.15. The van der Waals surface area contributed by atoms with Crippen LogP contribution >= 0.6 is 0 Å². The summed E-state index contributed by atoms with van der Waals surface area (Å²) < 4.78 is 13.5. The van der Waals surface area contributed by atoms with E-state index in [4.69, 9.17) is 15.2 Å². The van der Waals surface area contributed by atoms with Gasteiger partial charge in [-0.1, -0.05) is 0 Å². The van der Waals surface area contributed by atoms with Gasteiger partial charge in [0, 0.05) is 23.9 Å². The van der Waals surface area contributed by atoms with Crippen LogP contribution < -0.4 is 10.5 Å². The van der Waals surface area contributed by atoms with Gasteiger partial charge in [-0.05, 0) is 55.7 Å². The van der Waals surface area contributed by atoms with E-state index in [1.165, 1.54) is 6.42 Å². The SMILES string of the molecule is NC(=O)c1ccc(-n2cnc3cc(OCC4CCCCO4)ccc32)cc1. The van der Waals surface area contributed by atoms with E-state index < -0.39 is 5.91 Å². The number of ether oxygens (including phenoxy) is 2. The molecule has 0 saturated carbocycles. The van der Waals surface area contributed by atoms with Gasteiger partial charge >= 0.3 is 0 Å². The lowest BCUT2D eigenvalue weighted by Gasteiger charge is -2.22. The van der Waals surface area contributed by atoms with Crippen LogP contribution in [0.25, 0.3) is 16.7 Å². The molecular weight excluding hydrogens is 330 g/mol. The maximum atomic E-state index is 11.2. The zero-order valence-electron chi connectivity index (χ0n) is 14.4. The van der Waals surface area contributed by atoms with Crippen LogP contribution in [0.5, 0.6) is 5.75 Å². The Bertz CT molecular complexity index is 912. The van der Waals surface area contributed by atoms with E-state index >= 15 is 0 Å². The average molecular weight is 351 g/mol. The molecule has 1 fully saturated rings. The molecule has 26 heavy (non-hydrogen) atoms. The number of carbonyl (C=O) groups is 1. The first kappa shape index (κ1) is 16.6.